The van der Waals surface area contributed by atoms with Crippen molar-refractivity contribution in [2.45, 2.75) is 33.1 Å². The van der Waals surface area contributed by atoms with Crippen molar-refractivity contribution in [3.63, 3.8) is 0 Å². The second-order valence-corrected chi connectivity index (χ2v) is 5.48. The van der Waals surface area contributed by atoms with E-state index in [-0.39, 0.29) is 11.3 Å². The molecule has 0 spiro atoms. The van der Waals surface area contributed by atoms with E-state index in [1.807, 2.05) is 18.2 Å². The number of carbonyl (C=O) groups is 1. The van der Waals surface area contributed by atoms with Gasteiger partial charge < -0.3 is 4.90 Å². The fourth-order valence-electron chi connectivity index (χ4n) is 1.82. The van der Waals surface area contributed by atoms with Crippen LogP contribution < -0.4 is 0 Å². The Morgan fingerprint density at radius 1 is 1.19 bits per heavy atom. The Balaban J connectivity index is 3.23. The molecule has 0 radical (unpaired) electrons. The lowest BCUT2D eigenvalue weighted by molar-refractivity contribution is 0.0827. The Hall–Kier alpha value is -1.31. The minimum absolute atomic E-state index is 0.0606. The van der Waals surface area contributed by atoms with Crippen LogP contribution in [-0.2, 0) is 5.41 Å². The lowest BCUT2D eigenvalue weighted by Crippen LogP contribution is -2.23. The fourth-order valence-corrected chi connectivity index (χ4v) is 1.82. The monoisotopic (exact) mass is 219 g/mol. The highest BCUT2D eigenvalue weighted by atomic mass is 16.2. The molecule has 0 aromatic heterocycles. The number of nitrogens with zero attached hydrogens (tertiary/aromatic N) is 1. The third-order valence-corrected chi connectivity index (χ3v) is 2.70. The van der Waals surface area contributed by atoms with Gasteiger partial charge in [-0.1, -0.05) is 26.8 Å². The van der Waals surface area contributed by atoms with Gasteiger partial charge in [0.2, 0.25) is 0 Å². The van der Waals surface area contributed by atoms with Gasteiger partial charge in [-0.05, 0) is 35.6 Å². The average Bonchev–Trinajstić information content (AvgIpc) is 2.15. The van der Waals surface area contributed by atoms with Crippen molar-refractivity contribution in [2.24, 2.45) is 0 Å². The summed E-state index contributed by atoms with van der Waals surface area (Å²) in [5.74, 6) is 0.0606. The van der Waals surface area contributed by atoms with Gasteiger partial charge in [-0.25, -0.2) is 0 Å². The number of hydrogen-bond acceptors (Lipinski definition) is 1. The summed E-state index contributed by atoms with van der Waals surface area (Å²) in [6, 6.07) is 5.93. The zero-order valence-corrected chi connectivity index (χ0v) is 11.1. The summed E-state index contributed by atoms with van der Waals surface area (Å²) < 4.78 is 0. The smallest absolute Gasteiger partial charge is 0.253 e. The topological polar surface area (TPSA) is 20.3 Å². The Morgan fingerprint density at radius 2 is 1.75 bits per heavy atom. The minimum atomic E-state index is 0.0606. The molecule has 1 rings (SSSR count). The molecule has 0 unspecified atom stereocenters. The van der Waals surface area contributed by atoms with Crippen LogP contribution in [-0.4, -0.2) is 24.9 Å². The molecule has 0 N–H and O–H groups in total. The van der Waals surface area contributed by atoms with Crippen LogP contribution in [0.5, 0.6) is 0 Å². The molecule has 16 heavy (non-hydrogen) atoms. The maximum atomic E-state index is 11.9. The molecule has 0 fully saturated rings. The molecule has 2 heteroatoms. The van der Waals surface area contributed by atoms with Crippen LogP contribution in [0.15, 0.2) is 18.2 Å². The van der Waals surface area contributed by atoms with E-state index in [0.717, 1.165) is 5.56 Å². The van der Waals surface area contributed by atoms with Crippen LogP contribution in [0.4, 0.5) is 0 Å². The SMILES string of the molecule is Cc1ccc(C(=O)N(C)C)cc1C(C)(C)C. The summed E-state index contributed by atoms with van der Waals surface area (Å²) in [6.07, 6.45) is 0. The highest BCUT2D eigenvalue weighted by Crippen LogP contribution is 2.26. The highest BCUT2D eigenvalue weighted by Gasteiger charge is 2.18. The maximum Gasteiger partial charge on any atom is 0.253 e. The lowest BCUT2D eigenvalue weighted by atomic mass is 9.83. The number of benzene rings is 1. The van der Waals surface area contributed by atoms with E-state index in [1.54, 1.807) is 19.0 Å². The van der Waals surface area contributed by atoms with Crippen LogP contribution in [0.1, 0.15) is 42.3 Å². The van der Waals surface area contributed by atoms with Gasteiger partial charge in [0.15, 0.2) is 0 Å². The number of rotatable bonds is 1. The third kappa shape index (κ3) is 2.63. The zero-order valence-electron chi connectivity index (χ0n) is 11.1. The van der Waals surface area contributed by atoms with Crippen molar-refractivity contribution in [1.29, 1.82) is 0 Å². The maximum absolute atomic E-state index is 11.9. The minimum Gasteiger partial charge on any atom is -0.345 e. The molecule has 0 bridgehead atoms. The second-order valence-electron chi connectivity index (χ2n) is 5.48. The van der Waals surface area contributed by atoms with E-state index in [4.69, 9.17) is 0 Å². The summed E-state index contributed by atoms with van der Waals surface area (Å²) in [7, 11) is 3.55. The summed E-state index contributed by atoms with van der Waals surface area (Å²) in [4.78, 5) is 13.5. The van der Waals surface area contributed by atoms with Crippen molar-refractivity contribution < 1.29 is 4.79 Å². The van der Waals surface area contributed by atoms with Gasteiger partial charge in [0.1, 0.15) is 0 Å². The van der Waals surface area contributed by atoms with E-state index >= 15 is 0 Å². The molecular formula is C14H21NO. The predicted molar refractivity (Wildman–Crippen MR) is 67.9 cm³/mol. The Labute approximate surface area is 98.3 Å². The summed E-state index contributed by atoms with van der Waals surface area (Å²) in [5.41, 5.74) is 3.32. The van der Waals surface area contributed by atoms with E-state index in [2.05, 4.69) is 27.7 Å². The quantitative estimate of drug-likeness (QED) is 0.711. The Morgan fingerprint density at radius 3 is 2.19 bits per heavy atom. The first-order valence-corrected chi connectivity index (χ1v) is 5.56. The van der Waals surface area contributed by atoms with Gasteiger partial charge in [0.05, 0.1) is 0 Å². The third-order valence-electron chi connectivity index (χ3n) is 2.70. The van der Waals surface area contributed by atoms with Gasteiger partial charge in [-0.3, -0.25) is 4.79 Å². The van der Waals surface area contributed by atoms with Gasteiger partial charge >= 0.3 is 0 Å². The molecule has 0 atom stereocenters. The van der Waals surface area contributed by atoms with Gasteiger partial charge in [-0.15, -0.1) is 0 Å². The van der Waals surface area contributed by atoms with Crippen LogP contribution in [0.3, 0.4) is 0 Å². The molecule has 2 nitrogen and oxygen atoms in total. The molecule has 0 heterocycles. The predicted octanol–water partition coefficient (Wildman–Crippen LogP) is 2.99. The number of hydrogen-bond donors (Lipinski definition) is 0. The van der Waals surface area contributed by atoms with E-state index in [9.17, 15) is 4.79 Å². The first-order valence-electron chi connectivity index (χ1n) is 5.56. The summed E-state index contributed by atoms with van der Waals surface area (Å²) in [5, 5.41) is 0. The molecular weight excluding hydrogens is 198 g/mol. The van der Waals surface area contributed by atoms with E-state index in [1.165, 1.54) is 11.1 Å². The van der Waals surface area contributed by atoms with Gasteiger partial charge in [0, 0.05) is 19.7 Å². The second kappa shape index (κ2) is 4.28. The molecule has 0 saturated heterocycles. The average molecular weight is 219 g/mol. The molecule has 88 valence electrons. The normalized spacial score (nSPS) is 11.4. The van der Waals surface area contributed by atoms with Crippen LogP contribution in [0.2, 0.25) is 0 Å². The van der Waals surface area contributed by atoms with E-state index in [0.29, 0.717) is 0 Å². The van der Waals surface area contributed by atoms with Crippen molar-refractivity contribution in [3.8, 4) is 0 Å². The van der Waals surface area contributed by atoms with Crippen LogP contribution >= 0.6 is 0 Å². The molecule has 1 aromatic rings. The summed E-state index contributed by atoms with van der Waals surface area (Å²) in [6.45, 7) is 8.59. The molecule has 1 amide bonds. The first kappa shape index (κ1) is 12.8. The standard InChI is InChI=1S/C14H21NO/c1-10-7-8-11(13(16)15(5)6)9-12(10)14(2,3)4/h7-9H,1-6H3. The number of aryl methyl sites for hydroxylation is 1. The highest BCUT2D eigenvalue weighted by molar-refractivity contribution is 5.94. The van der Waals surface area contributed by atoms with Crippen LogP contribution in [0.25, 0.3) is 0 Å². The molecule has 0 aliphatic carbocycles. The largest absolute Gasteiger partial charge is 0.345 e. The first-order chi connectivity index (χ1) is 7.23. The molecule has 0 saturated carbocycles. The summed E-state index contributed by atoms with van der Waals surface area (Å²) >= 11 is 0. The molecule has 1 aromatic carbocycles. The van der Waals surface area contributed by atoms with Gasteiger partial charge in [0.25, 0.3) is 5.91 Å². The molecule has 0 aliphatic heterocycles. The van der Waals surface area contributed by atoms with Crippen molar-refractivity contribution in [2.75, 3.05) is 14.1 Å². The fraction of sp³-hybridized carbons (Fsp3) is 0.500. The Bertz CT molecular complexity index is 400. The van der Waals surface area contributed by atoms with Crippen molar-refractivity contribution in [1.82, 2.24) is 4.90 Å². The van der Waals surface area contributed by atoms with Crippen molar-refractivity contribution >= 4 is 5.91 Å². The zero-order chi connectivity index (χ0) is 12.5. The van der Waals surface area contributed by atoms with E-state index < -0.39 is 0 Å². The molecule has 0 aliphatic rings. The Kier molecular flexibility index (Phi) is 3.41. The van der Waals surface area contributed by atoms with Crippen LogP contribution in [0, 0.1) is 6.92 Å². The van der Waals surface area contributed by atoms with Gasteiger partial charge in [-0.2, -0.15) is 0 Å². The lowest BCUT2D eigenvalue weighted by Gasteiger charge is -2.23. The number of carbonyl (C=O) groups excluding carboxylic acids is 1. The van der Waals surface area contributed by atoms with Crippen molar-refractivity contribution in [3.05, 3.63) is 34.9 Å². The number of amides is 1.